The van der Waals surface area contributed by atoms with Crippen LogP contribution in [-0.4, -0.2) is 18.0 Å². The first-order valence-corrected chi connectivity index (χ1v) is 3.58. The van der Waals surface area contributed by atoms with Gasteiger partial charge in [-0.25, -0.2) is 11.0 Å². The summed E-state index contributed by atoms with van der Waals surface area (Å²) in [5.41, 5.74) is 6.49. The van der Waals surface area contributed by atoms with Crippen molar-refractivity contribution >= 4 is 5.84 Å². The molecule has 1 rings (SSSR count). The Kier molecular flexibility index (Phi) is 2.66. The van der Waals surface area contributed by atoms with Gasteiger partial charge in [0.1, 0.15) is 0 Å². The van der Waals surface area contributed by atoms with E-state index in [0.29, 0.717) is 5.84 Å². The third kappa shape index (κ3) is 2.25. The average molecular weight is 164 g/mol. The van der Waals surface area contributed by atoms with Gasteiger partial charge in [-0.1, -0.05) is 30.3 Å². The first-order chi connectivity index (χ1) is 5.70. The van der Waals surface area contributed by atoms with Crippen molar-refractivity contribution in [1.82, 2.24) is 5.12 Å². The van der Waals surface area contributed by atoms with Crippen LogP contribution in [0.4, 0.5) is 0 Å². The number of nitrogens with zero attached hydrogens (tertiary/aromatic N) is 2. The van der Waals surface area contributed by atoms with E-state index < -0.39 is 0 Å². The molecule has 0 aliphatic rings. The molecule has 1 aromatic carbocycles. The van der Waals surface area contributed by atoms with E-state index in [0.717, 1.165) is 5.56 Å². The summed E-state index contributed by atoms with van der Waals surface area (Å²) in [4.78, 5) is 0. The number of hydrogen-bond donors (Lipinski definition) is 2. The zero-order valence-electron chi connectivity index (χ0n) is 6.94. The fraction of sp³-hybridized carbons (Fsp3) is 0.125. The van der Waals surface area contributed by atoms with Crippen molar-refractivity contribution in [2.75, 3.05) is 7.05 Å². The highest BCUT2D eigenvalue weighted by molar-refractivity contribution is 5.97. The van der Waals surface area contributed by atoms with Gasteiger partial charge >= 0.3 is 0 Å². The van der Waals surface area contributed by atoms with Crippen LogP contribution in [0, 0.1) is 0 Å². The molecule has 0 heterocycles. The van der Waals surface area contributed by atoms with Crippen LogP contribution in [0.25, 0.3) is 0 Å². The molecule has 64 valence electrons. The summed E-state index contributed by atoms with van der Waals surface area (Å²) in [5.74, 6) is 5.71. The van der Waals surface area contributed by atoms with Gasteiger partial charge in [-0.15, -0.1) is 5.10 Å². The molecular formula is C8H12N4. The second-order valence-electron chi connectivity index (χ2n) is 2.42. The normalized spacial score (nSPS) is 11.3. The number of nitrogens with two attached hydrogens (primary N) is 2. The number of benzene rings is 1. The van der Waals surface area contributed by atoms with Crippen LogP contribution >= 0.6 is 0 Å². The summed E-state index contributed by atoms with van der Waals surface area (Å²) in [7, 11) is 1.62. The molecule has 4 N–H and O–H groups in total. The van der Waals surface area contributed by atoms with E-state index in [-0.39, 0.29) is 0 Å². The zero-order valence-corrected chi connectivity index (χ0v) is 6.94. The Balaban J connectivity index is 2.85. The Morgan fingerprint density at radius 3 is 2.42 bits per heavy atom. The van der Waals surface area contributed by atoms with Gasteiger partial charge in [0, 0.05) is 12.6 Å². The van der Waals surface area contributed by atoms with Gasteiger partial charge in [0.25, 0.3) is 0 Å². The lowest BCUT2D eigenvalue weighted by molar-refractivity contribution is 0.371. The summed E-state index contributed by atoms with van der Waals surface area (Å²) in [6.07, 6.45) is 0. The molecule has 12 heavy (non-hydrogen) atoms. The Morgan fingerprint density at radius 1 is 1.33 bits per heavy atom. The molecule has 0 spiro atoms. The van der Waals surface area contributed by atoms with Crippen molar-refractivity contribution < 1.29 is 0 Å². The quantitative estimate of drug-likeness (QED) is 0.282. The standard InChI is InChI=1S/C8H12N4/c1-12(10)11-8(9)7-5-3-2-4-6-7/h2-6H,10H2,1H3,(H2,9,11). The maximum absolute atomic E-state index is 5.62. The molecule has 1 aromatic rings. The molecule has 0 saturated carbocycles. The van der Waals surface area contributed by atoms with Gasteiger partial charge in [0.15, 0.2) is 5.84 Å². The van der Waals surface area contributed by atoms with Gasteiger partial charge in [0.05, 0.1) is 0 Å². The monoisotopic (exact) mass is 164 g/mol. The lowest BCUT2D eigenvalue weighted by Crippen LogP contribution is -2.25. The van der Waals surface area contributed by atoms with Crippen molar-refractivity contribution in [2.45, 2.75) is 0 Å². The van der Waals surface area contributed by atoms with Crippen LogP contribution in [0.5, 0.6) is 0 Å². The molecular weight excluding hydrogens is 152 g/mol. The van der Waals surface area contributed by atoms with E-state index in [1.165, 1.54) is 5.12 Å². The third-order valence-corrected chi connectivity index (χ3v) is 1.34. The number of hydrazine groups is 1. The maximum Gasteiger partial charge on any atom is 0.152 e. The first-order valence-electron chi connectivity index (χ1n) is 3.58. The van der Waals surface area contributed by atoms with Gasteiger partial charge in [0.2, 0.25) is 0 Å². The summed E-state index contributed by atoms with van der Waals surface area (Å²) < 4.78 is 0. The van der Waals surface area contributed by atoms with E-state index in [1.54, 1.807) is 7.05 Å². The third-order valence-electron chi connectivity index (χ3n) is 1.34. The van der Waals surface area contributed by atoms with Gasteiger partial charge < -0.3 is 5.73 Å². The second kappa shape index (κ2) is 3.73. The summed E-state index contributed by atoms with van der Waals surface area (Å²) >= 11 is 0. The smallest absolute Gasteiger partial charge is 0.152 e. The van der Waals surface area contributed by atoms with Crippen LogP contribution in [0.2, 0.25) is 0 Å². The Bertz CT molecular complexity index is 266. The highest BCUT2D eigenvalue weighted by Crippen LogP contribution is 1.97. The molecule has 0 unspecified atom stereocenters. The fourth-order valence-corrected chi connectivity index (χ4v) is 0.837. The fourth-order valence-electron chi connectivity index (χ4n) is 0.837. The Labute approximate surface area is 71.4 Å². The molecule has 0 atom stereocenters. The minimum atomic E-state index is 0.417. The average Bonchev–Trinajstić information content (AvgIpc) is 2.05. The van der Waals surface area contributed by atoms with Crippen LogP contribution in [0.1, 0.15) is 5.56 Å². The van der Waals surface area contributed by atoms with Gasteiger partial charge in [-0.2, -0.15) is 0 Å². The number of rotatable bonds is 2. The number of hydrogen-bond acceptors (Lipinski definition) is 3. The van der Waals surface area contributed by atoms with Crippen molar-refractivity contribution in [3.63, 3.8) is 0 Å². The molecule has 0 amide bonds. The van der Waals surface area contributed by atoms with Crippen LogP contribution in [0.3, 0.4) is 0 Å². The van der Waals surface area contributed by atoms with Gasteiger partial charge in [-0.3, -0.25) is 0 Å². The highest BCUT2D eigenvalue weighted by Gasteiger charge is 1.95. The van der Waals surface area contributed by atoms with Crippen molar-refractivity contribution in [3.05, 3.63) is 35.9 Å². The van der Waals surface area contributed by atoms with E-state index in [2.05, 4.69) is 5.10 Å². The molecule has 0 bridgehead atoms. The minimum Gasteiger partial charge on any atom is -0.382 e. The van der Waals surface area contributed by atoms with Crippen molar-refractivity contribution in [3.8, 4) is 0 Å². The van der Waals surface area contributed by atoms with Gasteiger partial charge in [-0.05, 0) is 0 Å². The Hall–Kier alpha value is -1.55. The largest absolute Gasteiger partial charge is 0.382 e. The van der Waals surface area contributed by atoms with Crippen LogP contribution in [0.15, 0.2) is 35.4 Å². The van der Waals surface area contributed by atoms with E-state index in [9.17, 15) is 0 Å². The number of hydrazone groups is 1. The van der Waals surface area contributed by atoms with Crippen LogP contribution < -0.4 is 11.6 Å². The molecule has 4 heteroatoms. The van der Waals surface area contributed by atoms with Crippen molar-refractivity contribution in [1.29, 1.82) is 0 Å². The predicted octanol–water partition coefficient (Wildman–Crippen LogP) is 0.112. The number of amidine groups is 1. The van der Waals surface area contributed by atoms with E-state index >= 15 is 0 Å². The molecule has 0 aliphatic heterocycles. The van der Waals surface area contributed by atoms with Crippen molar-refractivity contribution in [2.24, 2.45) is 16.7 Å². The summed E-state index contributed by atoms with van der Waals surface area (Å²) in [5, 5.41) is 5.04. The second-order valence-corrected chi connectivity index (χ2v) is 2.42. The predicted molar refractivity (Wildman–Crippen MR) is 49.1 cm³/mol. The zero-order chi connectivity index (χ0) is 8.97. The SMILES string of the molecule is CN(N)/N=C(\N)c1ccccc1. The molecule has 0 aromatic heterocycles. The molecule has 4 nitrogen and oxygen atoms in total. The minimum absolute atomic E-state index is 0.417. The molecule has 0 aliphatic carbocycles. The maximum atomic E-state index is 5.62. The lowest BCUT2D eigenvalue weighted by Gasteiger charge is -2.05. The topological polar surface area (TPSA) is 67.6 Å². The first kappa shape index (κ1) is 8.55. The van der Waals surface area contributed by atoms with Crippen LogP contribution in [-0.2, 0) is 0 Å². The highest BCUT2D eigenvalue weighted by atomic mass is 15.6. The lowest BCUT2D eigenvalue weighted by atomic mass is 10.2. The summed E-state index contributed by atoms with van der Waals surface area (Å²) in [6, 6.07) is 9.47. The molecule has 0 saturated heterocycles. The molecule has 0 radical (unpaired) electrons. The Morgan fingerprint density at radius 2 is 1.92 bits per heavy atom. The van der Waals surface area contributed by atoms with E-state index in [1.807, 2.05) is 30.3 Å². The molecule has 0 fully saturated rings. The van der Waals surface area contributed by atoms with E-state index in [4.69, 9.17) is 11.6 Å². The summed E-state index contributed by atoms with van der Waals surface area (Å²) in [6.45, 7) is 0.